The number of nitrogens with zero attached hydrogens (tertiary/aromatic N) is 1. The Morgan fingerprint density at radius 2 is 2.05 bits per heavy atom. The van der Waals surface area contributed by atoms with E-state index < -0.39 is 0 Å². The third-order valence-electron chi connectivity index (χ3n) is 4.08. The van der Waals surface area contributed by atoms with Crippen LogP contribution in [0.15, 0.2) is 0 Å². The van der Waals surface area contributed by atoms with Gasteiger partial charge in [-0.25, -0.2) is 0 Å². The number of hydrogen-bond donors (Lipinski definition) is 2. The Balaban J connectivity index is 2.06. The van der Waals surface area contributed by atoms with E-state index in [2.05, 4.69) is 22.6 Å². The number of hydrogen-bond acceptors (Lipinski definition) is 4. The highest BCUT2D eigenvalue weighted by molar-refractivity contribution is 5.81. The molecule has 0 aromatic rings. The van der Waals surface area contributed by atoms with Gasteiger partial charge < -0.3 is 20.3 Å². The largest absolute Gasteiger partial charge is 0.385 e. The molecule has 20 heavy (non-hydrogen) atoms. The van der Waals surface area contributed by atoms with Gasteiger partial charge in [0.05, 0.1) is 6.04 Å². The standard InChI is InChI=1S/C15H31N3O2/c1-13(15(19)17-9-6-12-20-3)16-10-11-18(2)14-7-4-5-8-14/h13-14,16H,4-12H2,1-3H3,(H,17,19). The summed E-state index contributed by atoms with van der Waals surface area (Å²) in [7, 11) is 3.86. The van der Waals surface area contributed by atoms with Gasteiger partial charge in [0.15, 0.2) is 0 Å². The summed E-state index contributed by atoms with van der Waals surface area (Å²) in [6.07, 6.45) is 6.24. The van der Waals surface area contributed by atoms with Crippen molar-refractivity contribution < 1.29 is 9.53 Å². The number of methoxy groups -OCH3 is 1. The second-order valence-electron chi connectivity index (χ2n) is 5.73. The number of ether oxygens (including phenoxy) is 1. The zero-order chi connectivity index (χ0) is 14.8. The molecule has 1 rings (SSSR count). The summed E-state index contributed by atoms with van der Waals surface area (Å²) < 4.78 is 4.95. The monoisotopic (exact) mass is 285 g/mol. The van der Waals surface area contributed by atoms with Gasteiger partial charge in [-0.15, -0.1) is 0 Å². The molecule has 0 heterocycles. The van der Waals surface area contributed by atoms with Gasteiger partial charge in [0, 0.05) is 39.4 Å². The first-order valence-corrected chi connectivity index (χ1v) is 7.85. The Morgan fingerprint density at radius 3 is 2.70 bits per heavy atom. The van der Waals surface area contributed by atoms with Crippen LogP contribution >= 0.6 is 0 Å². The van der Waals surface area contributed by atoms with Crippen molar-refractivity contribution >= 4 is 5.91 Å². The van der Waals surface area contributed by atoms with Crippen LogP contribution in [0.4, 0.5) is 0 Å². The van der Waals surface area contributed by atoms with Crippen LogP contribution in [0.2, 0.25) is 0 Å². The number of amides is 1. The Bertz CT molecular complexity index is 268. The first-order valence-electron chi connectivity index (χ1n) is 7.85. The summed E-state index contributed by atoms with van der Waals surface area (Å²) in [5.41, 5.74) is 0. The van der Waals surface area contributed by atoms with Gasteiger partial charge in [0.2, 0.25) is 5.91 Å². The minimum Gasteiger partial charge on any atom is -0.385 e. The predicted molar refractivity (Wildman–Crippen MR) is 81.9 cm³/mol. The molecular weight excluding hydrogens is 254 g/mol. The van der Waals surface area contributed by atoms with E-state index in [4.69, 9.17) is 4.74 Å². The van der Waals surface area contributed by atoms with Crippen molar-refractivity contribution in [1.82, 2.24) is 15.5 Å². The maximum absolute atomic E-state index is 11.8. The van der Waals surface area contributed by atoms with Gasteiger partial charge in [-0.3, -0.25) is 4.79 Å². The van der Waals surface area contributed by atoms with E-state index >= 15 is 0 Å². The number of nitrogens with one attached hydrogen (secondary N) is 2. The number of rotatable bonds is 10. The van der Waals surface area contributed by atoms with E-state index in [1.165, 1.54) is 25.7 Å². The molecule has 0 bridgehead atoms. The van der Waals surface area contributed by atoms with Gasteiger partial charge in [0.25, 0.3) is 0 Å². The molecule has 0 aromatic heterocycles. The van der Waals surface area contributed by atoms with Crippen LogP contribution in [0.25, 0.3) is 0 Å². The molecule has 0 aromatic carbocycles. The molecule has 1 fully saturated rings. The molecule has 0 aliphatic heterocycles. The second-order valence-corrected chi connectivity index (χ2v) is 5.73. The molecule has 118 valence electrons. The number of carbonyl (C=O) groups excluding carboxylic acids is 1. The zero-order valence-corrected chi connectivity index (χ0v) is 13.3. The summed E-state index contributed by atoms with van der Waals surface area (Å²) in [5.74, 6) is 0.0737. The molecule has 1 aliphatic rings. The van der Waals surface area contributed by atoms with Crippen molar-refractivity contribution in [1.29, 1.82) is 0 Å². The summed E-state index contributed by atoms with van der Waals surface area (Å²) >= 11 is 0. The lowest BCUT2D eigenvalue weighted by atomic mass is 10.2. The Morgan fingerprint density at radius 1 is 1.35 bits per heavy atom. The minimum atomic E-state index is -0.130. The van der Waals surface area contributed by atoms with Crippen molar-refractivity contribution in [3.05, 3.63) is 0 Å². The first kappa shape index (κ1) is 17.4. The van der Waals surface area contributed by atoms with Crippen molar-refractivity contribution in [2.45, 2.75) is 51.1 Å². The van der Waals surface area contributed by atoms with Crippen LogP contribution in [0.1, 0.15) is 39.0 Å². The van der Waals surface area contributed by atoms with E-state index in [9.17, 15) is 4.79 Å². The van der Waals surface area contributed by atoms with Crippen LogP contribution in [0.3, 0.4) is 0 Å². The topological polar surface area (TPSA) is 53.6 Å². The van der Waals surface area contributed by atoms with Crippen LogP contribution in [0, 0.1) is 0 Å². The first-order chi connectivity index (χ1) is 9.65. The normalized spacial score (nSPS) is 17.6. The molecule has 0 spiro atoms. The molecule has 2 N–H and O–H groups in total. The summed E-state index contributed by atoms with van der Waals surface area (Å²) in [5, 5.41) is 6.21. The maximum atomic E-state index is 11.8. The van der Waals surface area contributed by atoms with Crippen molar-refractivity contribution in [2.24, 2.45) is 0 Å². The molecule has 1 unspecified atom stereocenters. The van der Waals surface area contributed by atoms with Crippen LogP contribution in [-0.2, 0) is 9.53 Å². The number of likely N-dealkylation sites (N-methyl/N-ethyl adjacent to an activating group) is 1. The van der Waals surface area contributed by atoms with E-state index in [1.807, 2.05) is 6.92 Å². The van der Waals surface area contributed by atoms with Crippen LogP contribution in [0.5, 0.6) is 0 Å². The van der Waals surface area contributed by atoms with E-state index in [1.54, 1.807) is 7.11 Å². The Labute approximate surface area is 123 Å². The fraction of sp³-hybridized carbons (Fsp3) is 0.933. The average molecular weight is 285 g/mol. The third kappa shape index (κ3) is 6.68. The molecule has 1 atom stereocenters. The molecule has 0 radical (unpaired) electrons. The molecular formula is C15H31N3O2. The summed E-state index contributed by atoms with van der Waals surface area (Å²) in [6, 6.07) is 0.615. The number of carbonyl (C=O) groups is 1. The lowest BCUT2D eigenvalue weighted by molar-refractivity contribution is -0.122. The SMILES string of the molecule is COCCCNC(=O)C(C)NCCN(C)C1CCCC1. The van der Waals surface area contributed by atoms with Gasteiger partial charge in [-0.2, -0.15) is 0 Å². The van der Waals surface area contributed by atoms with E-state index in [0.29, 0.717) is 13.2 Å². The van der Waals surface area contributed by atoms with Crippen molar-refractivity contribution in [3.8, 4) is 0 Å². The smallest absolute Gasteiger partial charge is 0.236 e. The molecule has 1 saturated carbocycles. The van der Waals surface area contributed by atoms with Crippen LogP contribution in [-0.4, -0.2) is 63.3 Å². The molecule has 5 heteroatoms. The highest BCUT2D eigenvalue weighted by Crippen LogP contribution is 2.21. The van der Waals surface area contributed by atoms with Crippen molar-refractivity contribution in [2.75, 3.05) is 40.4 Å². The molecule has 0 saturated heterocycles. The van der Waals surface area contributed by atoms with Gasteiger partial charge in [-0.05, 0) is 33.2 Å². The highest BCUT2D eigenvalue weighted by Gasteiger charge is 2.19. The van der Waals surface area contributed by atoms with E-state index in [-0.39, 0.29) is 11.9 Å². The lowest BCUT2D eigenvalue weighted by Crippen LogP contribution is -2.45. The fourth-order valence-corrected chi connectivity index (χ4v) is 2.66. The second kappa shape index (κ2) is 10.1. The van der Waals surface area contributed by atoms with Crippen LogP contribution < -0.4 is 10.6 Å². The predicted octanol–water partition coefficient (Wildman–Crippen LogP) is 0.992. The Kier molecular flexibility index (Phi) is 8.82. The average Bonchev–Trinajstić information content (AvgIpc) is 2.97. The molecule has 5 nitrogen and oxygen atoms in total. The maximum Gasteiger partial charge on any atom is 0.236 e. The quantitative estimate of drug-likeness (QED) is 0.588. The molecule has 1 aliphatic carbocycles. The Hall–Kier alpha value is -0.650. The fourth-order valence-electron chi connectivity index (χ4n) is 2.66. The highest BCUT2D eigenvalue weighted by atomic mass is 16.5. The summed E-state index contributed by atoms with van der Waals surface area (Å²) in [4.78, 5) is 14.2. The molecule has 1 amide bonds. The summed E-state index contributed by atoms with van der Waals surface area (Å²) in [6.45, 7) is 5.15. The van der Waals surface area contributed by atoms with Gasteiger partial charge in [0.1, 0.15) is 0 Å². The zero-order valence-electron chi connectivity index (χ0n) is 13.3. The van der Waals surface area contributed by atoms with Gasteiger partial charge in [-0.1, -0.05) is 12.8 Å². The minimum absolute atomic E-state index is 0.0737. The van der Waals surface area contributed by atoms with Crippen molar-refractivity contribution in [3.63, 3.8) is 0 Å². The third-order valence-corrected chi connectivity index (χ3v) is 4.08. The van der Waals surface area contributed by atoms with Gasteiger partial charge >= 0.3 is 0 Å². The van der Waals surface area contributed by atoms with E-state index in [0.717, 1.165) is 25.6 Å². The lowest BCUT2D eigenvalue weighted by Gasteiger charge is -2.24.